The smallest absolute Gasteiger partial charge is 0.0896 e. The van der Waals surface area contributed by atoms with Crippen molar-refractivity contribution < 1.29 is 5.11 Å². The Labute approximate surface area is 102 Å². The van der Waals surface area contributed by atoms with Gasteiger partial charge in [0.25, 0.3) is 0 Å². The van der Waals surface area contributed by atoms with E-state index in [0.29, 0.717) is 0 Å². The second-order valence-electron chi connectivity index (χ2n) is 5.07. The lowest BCUT2D eigenvalue weighted by molar-refractivity contribution is 0.0198. The summed E-state index contributed by atoms with van der Waals surface area (Å²) < 4.78 is 0. The summed E-state index contributed by atoms with van der Waals surface area (Å²) in [6.45, 7) is 2.27. The molecule has 0 heterocycles. The Morgan fingerprint density at radius 2 is 1.88 bits per heavy atom. The first-order valence-corrected chi connectivity index (χ1v) is 6.46. The van der Waals surface area contributed by atoms with Gasteiger partial charge in [0.15, 0.2) is 0 Å². The van der Waals surface area contributed by atoms with E-state index in [0.717, 1.165) is 42.2 Å². The molecule has 1 N–H and O–H groups in total. The first-order valence-electron chi connectivity index (χ1n) is 6.08. The number of hydrogen-bond acceptors (Lipinski definition) is 1. The van der Waals surface area contributed by atoms with E-state index in [1.54, 1.807) is 0 Å². The molecule has 1 fully saturated rings. The molecule has 2 atom stereocenters. The van der Waals surface area contributed by atoms with E-state index in [-0.39, 0.29) is 0 Å². The highest BCUT2D eigenvalue weighted by molar-refractivity contribution is 6.30. The van der Waals surface area contributed by atoms with Gasteiger partial charge in [0.2, 0.25) is 0 Å². The van der Waals surface area contributed by atoms with Crippen molar-refractivity contribution in [1.29, 1.82) is 0 Å². The van der Waals surface area contributed by atoms with Crippen molar-refractivity contribution in [2.75, 3.05) is 0 Å². The van der Waals surface area contributed by atoms with Crippen LogP contribution in [0.15, 0.2) is 24.3 Å². The number of aliphatic hydroxyl groups is 1. The van der Waals surface area contributed by atoms with E-state index in [2.05, 4.69) is 6.92 Å². The fourth-order valence-electron chi connectivity index (χ4n) is 2.55. The van der Waals surface area contributed by atoms with Gasteiger partial charge in [-0.1, -0.05) is 37.1 Å². The molecule has 0 spiro atoms. The molecule has 0 amide bonds. The number of hydrogen-bond donors (Lipinski definition) is 1. The maximum atomic E-state index is 10.7. The normalized spacial score (nSPS) is 31.1. The predicted octanol–water partition coefficient (Wildman–Crippen LogP) is 4.13. The van der Waals surface area contributed by atoms with Crippen LogP contribution >= 0.6 is 11.6 Å². The summed E-state index contributed by atoms with van der Waals surface area (Å²) in [7, 11) is 0. The molecule has 0 aliphatic heterocycles. The van der Waals surface area contributed by atoms with Crippen molar-refractivity contribution in [3.8, 4) is 0 Å². The van der Waals surface area contributed by atoms with Gasteiger partial charge in [-0.2, -0.15) is 0 Å². The molecule has 1 nitrogen and oxygen atoms in total. The van der Waals surface area contributed by atoms with Crippen molar-refractivity contribution in [1.82, 2.24) is 0 Å². The van der Waals surface area contributed by atoms with E-state index in [1.165, 1.54) is 6.42 Å². The third-order valence-corrected chi connectivity index (χ3v) is 3.97. The minimum Gasteiger partial charge on any atom is -0.385 e. The van der Waals surface area contributed by atoms with Crippen LogP contribution in [0.1, 0.15) is 44.6 Å². The first kappa shape index (κ1) is 11.9. The average molecular weight is 239 g/mol. The van der Waals surface area contributed by atoms with Crippen LogP contribution in [0.3, 0.4) is 0 Å². The van der Waals surface area contributed by atoms with Crippen molar-refractivity contribution in [2.45, 2.75) is 44.6 Å². The van der Waals surface area contributed by atoms with Crippen LogP contribution in [0.2, 0.25) is 5.02 Å². The maximum absolute atomic E-state index is 10.7. The Hall–Kier alpha value is -0.530. The lowest BCUT2D eigenvalue weighted by atomic mass is 9.86. The van der Waals surface area contributed by atoms with Gasteiger partial charge in [-0.25, -0.2) is 0 Å². The van der Waals surface area contributed by atoms with Crippen LogP contribution in [-0.2, 0) is 5.60 Å². The summed E-state index contributed by atoms with van der Waals surface area (Å²) in [5, 5.41) is 11.4. The van der Waals surface area contributed by atoms with Gasteiger partial charge < -0.3 is 5.11 Å². The standard InChI is InChI=1S/C14H19ClO/c1-11-3-2-9-14(16,10-8-11)12-4-6-13(15)7-5-12/h4-7,11,16H,2-3,8-10H2,1H3. The monoisotopic (exact) mass is 238 g/mol. The van der Waals surface area contributed by atoms with Gasteiger partial charge in [0.05, 0.1) is 5.60 Å². The highest BCUT2D eigenvalue weighted by Gasteiger charge is 2.31. The zero-order valence-corrected chi connectivity index (χ0v) is 10.5. The van der Waals surface area contributed by atoms with Gasteiger partial charge in [-0.3, -0.25) is 0 Å². The molecule has 0 radical (unpaired) electrons. The zero-order valence-electron chi connectivity index (χ0n) is 9.75. The maximum Gasteiger partial charge on any atom is 0.0896 e. The van der Waals surface area contributed by atoms with E-state index in [1.807, 2.05) is 24.3 Å². The van der Waals surface area contributed by atoms with E-state index in [4.69, 9.17) is 11.6 Å². The molecule has 0 saturated heterocycles. The molecule has 16 heavy (non-hydrogen) atoms. The topological polar surface area (TPSA) is 20.2 Å². The Morgan fingerprint density at radius 3 is 2.56 bits per heavy atom. The number of halogens is 1. The summed E-state index contributed by atoms with van der Waals surface area (Å²) in [6, 6.07) is 7.64. The summed E-state index contributed by atoms with van der Waals surface area (Å²) in [5.41, 5.74) is 0.390. The molecule has 1 aromatic carbocycles. The lowest BCUT2D eigenvalue weighted by Crippen LogP contribution is -2.24. The second kappa shape index (κ2) is 4.77. The molecule has 0 bridgehead atoms. The Balaban J connectivity index is 2.20. The van der Waals surface area contributed by atoms with Gasteiger partial charge in [-0.05, 0) is 49.3 Å². The summed E-state index contributed by atoms with van der Waals surface area (Å²) >= 11 is 5.87. The molecule has 1 saturated carbocycles. The van der Waals surface area contributed by atoms with Crippen molar-refractivity contribution in [2.24, 2.45) is 5.92 Å². The summed E-state index contributed by atoms with van der Waals surface area (Å²) in [5.74, 6) is 0.737. The lowest BCUT2D eigenvalue weighted by Gasteiger charge is -2.27. The molecule has 1 aliphatic carbocycles. The largest absolute Gasteiger partial charge is 0.385 e. The van der Waals surface area contributed by atoms with Crippen LogP contribution < -0.4 is 0 Å². The molecular formula is C14H19ClO. The predicted molar refractivity (Wildman–Crippen MR) is 67.6 cm³/mol. The van der Waals surface area contributed by atoms with Crippen molar-refractivity contribution in [3.63, 3.8) is 0 Å². The van der Waals surface area contributed by atoms with Gasteiger partial charge in [0, 0.05) is 5.02 Å². The van der Waals surface area contributed by atoms with Crippen molar-refractivity contribution >= 4 is 11.6 Å². The van der Waals surface area contributed by atoms with Gasteiger partial charge in [0.1, 0.15) is 0 Å². The van der Waals surface area contributed by atoms with E-state index < -0.39 is 5.60 Å². The molecule has 0 aromatic heterocycles. The SMILES string of the molecule is CC1CCCC(O)(c2ccc(Cl)cc2)CC1. The summed E-state index contributed by atoms with van der Waals surface area (Å²) in [6.07, 6.45) is 5.20. The van der Waals surface area contributed by atoms with E-state index in [9.17, 15) is 5.11 Å². The molecule has 2 heteroatoms. The molecule has 1 aromatic rings. The quantitative estimate of drug-likeness (QED) is 0.730. The minimum absolute atomic E-state index is 0.630. The molecule has 88 valence electrons. The fraction of sp³-hybridized carbons (Fsp3) is 0.571. The second-order valence-corrected chi connectivity index (χ2v) is 5.51. The molecular weight excluding hydrogens is 220 g/mol. The average Bonchev–Trinajstić information content (AvgIpc) is 2.43. The highest BCUT2D eigenvalue weighted by Crippen LogP contribution is 2.37. The molecule has 2 rings (SSSR count). The first-order chi connectivity index (χ1) is 7.60. The van der Waals surface area contributed by atoms with Crippen molar-refractivity contribution in [3.05, 3.63) is 34.9 Å². The van der Waals surface area contributed by atoms with Crippen LogP contribution in [0, 0.1) is 5.92 Å². The van der Waals surface area contributed by atoms with Crippen LogP contribution in [0.4, 0.5) is 0 Å². The number of rotatable bonds is 1. The van der Waals surface area contributed by atoms with Gasteiger partial charge >= 0.3 is 0 Å². The Morgan fingerprint density at radius 1 is 1.19 bits per heavy atom. The van der Waals surface area contributed by atoms with E-state index >= 15 is 0 Å². The third-order valence-electron chi connectivity index (χ3n) is 3.72. The van der Waals surface area contributed by atoms with Crippen LogP contribution in [0.25, 0.3) is 0 Å². The fourth-order valence-corrected chi connectivity index (χ4v) is 2.67. The highest BCUT2D eigenvalue weighted by atomic mass is 35.5. The van der Waals surface area contributed by atoms with Crippen LogP contribution in [-0.4, -0.2) is 5.11 Å². The minimum atomic E-state index is -0.630. The molecule has 1 aliphatic rings. The van der Waals surface area contributed by atoms with Gasteiger partial charge in [-0.15, -0.1) is 0 Å². The van der Waals surface area contributed by atoms with Crippen LogP contribution in [0.5, 0.6) is 0 Å². The molecule has 2 unspecified atom stereocenters. The number of benzene rings is 1. The Bertz CT molecular complexity index is 346. The zero-order chi connectivity index (χ0) is 11.6. The summed E-state index contributed by atoms with van der Waals surface area (Å²) in [4.78, 5) is 0. The Kier molecular flexibility index (Phi) is 3.56. The third kappa shape index (κ3) is 2.58.